The predicted molar refractivity (Wildman–Crippen MR) is 42.7 cm³/mol. The van der Waals surface area contributed by atoms with Gasteiger partial charge in [-0.05, 0) is 12.1 Å². The molecule has 0 aromatic carbocycles. The van der Waals surface area contributed by atoms with E-state index < -0.39 is 23.3 Å². The van der Waals surface area contributed by atoms with E-state index in [1.807, 2.05) is 5.18 Å². The molecule has 5 nitrogen and oxygen atoms in total. The van der Waals surface area contributed by atoms with Gasteiger partial charge in [-0.25, -0.2) is 4.79 Å². The predicted octanol–water partition coefficient (Wildman–Crippen LogP) is 1.74. The average molecular weight is 209 g/mol. The highest BCUT2D eigenvalue weighted by atomic mass is 19.3. The van der Waals surface area contributed by atoms with Crippen molar-refractivity contribution in [1.82, 2.24) is 0 Å². The number of rotatable bonds is 4. The molecule has 0 heterocycles. The number of nitrogens with zero attached hydrogens (tertiary/aromatic N) is 1. The van der Waals surface area contributed by atoms with Crippen LogP contribution in [0.3, 0.4) is 0 Å². The molecule has 0 unspecified atom stereocenters. The van der Waals surface area contributed by atoms with Gasteiger partial charge in [-0.3, -0.25) is 0 Å². The molecular weight excluding hydrogens is 200 g/mol. The minimum atomic E-state index is -3.70. The smallest absolute Gasteiger partial charge is 0.364 e. The van der Waals surface area contributed by atoms with Gasteiger partial charge in [-0.2, -0.15) is 8.78 Å². The normalized spacial score (nSPS) is 13.1. The minimum Gasteiger partial charge on any atom is -0.505 e. The number of alkyl halides is 2. The lowest BCUT2D eigenvalue weighted by Gasteiger charge is -2.09. The van der Waals surface area contributed by atoms with Crippen molar-refractivity contribution < 1.29 is 23.4 Å². The second-order valence-electron chi connectivity index (χ2n) is 2.40. The Morgan fingerprint density at radius 1 is 1.57 bits per heavy atom. The van der Waals surface area contributed by atoms with Crippen molar-refractivity contribution in [3.63, 3.8) is 0 Å². The lowest BCUT2D eigenvalue weighted by atomic mass is 10.2. The SMILES string of the molecule is CCOC(=O)C(N=O)=C(O)C(C)(F)F. The summed E-state index contributed by atoms with van der Waals surface area (Å²) in [4.78, 5) is 20.8. The molecular formula is C7H9F2NO4. The summed E-state index contributed by atoms with van der Waals surface area (Å²) in [6.07, 6.45) is 0. The van der Waals surface area contributed by atoms with E-state index in [2.05, 4.69) is 4.74 Å². The topological polar surface area (TPSA) is 76.0 Å². The molecule has 7 heteroatoms. The fraction of sp³-hybridized carbons (Fsp3) is 0.571. The third kappa shape index (κ3) is 3.08. The molecule has 14 heavy (non-hydrogen) atoms. The summed E-state index contributed by atoms with van der Waals surface area (Å²) >= 11 is 0. The van der Waals surface area contributed by atoms with Crippen LogP contribution in [0.5, 0.6) is 0 Å². The van der Waals surface area contributed by atoms with Crippen molar-refractivity contribution in [3.8, 4) is 0 Å². The van der Waals surface area contributed by atoms with E-state index in [1.54, 1.807) is 0 Å². The van der Waals surface area contributed by atoms with Crippen molar-refractivity contribution >= 4 is 5.97 Å². The van der Waals surface area contributed by atoms with Crippen LogP contribution in [0.4, 0.5) is 8.78 Å². The molecule has 0 fully saturated rings. The van der Waals surface area contributed by atoms with E-state index in [0.29, 0.717) is 6.92 Å². The first kappa shape index (κ1) is 12.5. The summed E-state index contributed by atoms with van der Waals surface area (Å²) in [6.45, 7) is 1.63. The third-order valence-electron chi connectivity index (χ3n) is 1.20. The second kappa shape index (κ2) is 4.64. The molecule has 0 atom stereocenters. The number of carbonyl (C=O) groups is 1. The number of carbonyl (C=O) groups excluding carboxylic acids is 1. The number of aliphatic hydroxyl groups is 1. The molecule has 0 radical (unpaired) electrons. The Hall–Kier alpha value is -1.53. The van der Waals surface area contributed by atoms with Crippen LogP contribution in [0.1, 0.15) is 13.8 Å². The molecule has 0 aliphatic carbocycles. The van der Waals surface area contributed by atoms with E-state index in [1.165, 1.54) is 6.92 Å². The summed E-state index contributed by atoms with van der Waals surface area (Å²) < 4.78 is 29.1. The largest absolute Gasteiger partial charge is 0.505 e. The highest BCUT2D eigenvalue weighted by Gasteiger charge is 2.34. The number of ether oxygens (including phenoxy) is 1. The molecule has 0 aromatic rings. The first-order valence-corrected chi connectivity index (χ1v) is 3.66. The summed E-state index contributed by atoms with van der Waals surface area (Å²) in [5.74, 6) is -6.76. The molecule has 0 bridgehead atoms. The fourth-order valence-corrected chi connectivity index (χ4v) is 0.585. The molecule has 0 aromatic heterocycles. The van der Waals surface area contributed by atoms with Crippen LogP contribution in [-0.2, 0) is 9.53 Å². The number of esters is 1. The van der Waals surface area contributed by atoms with Crippen LogP contribution < -0.4 is 0 Å². The van der Waals surface area contributed by atoms with Gasteiger partial charge in [0.15, 0.2) is 5.76 Å². The number of hydrogen-bond acceptors (Lipinski definition) is 5. The number of hydrogen-bond donors (Lipinski definition) is 1. The maximum atomic E-state index is 12.4. The van der Waals surface area contributed by atoms with Crippen molar-refractivity contribution in [2.24, 2.45) is 5.18 Å². The number of halogens is 2. The molecule has 1 N–H and O–H groups in total. The van der Waals surface area contributed by atoms with Gasteiger partial charge in [-0.15, -0.1) is 4.91 Å². The Balaban J connectivity index is 5.04. The van der Waals surface area contributed by atoms with Crippen LogP contribution in [0.2, 0.25) is 0 Å². The molecule has 80 valence electrons. The van der Waals surface area contributed by atoms with Crippen LogP contribution in [-0.4, -0.2) is 23.6 Å². The van der Waals surface area contributed by atoms with E-state index in [4.69, 9.17) is 5.11 Å². The Bertz CT molecular complexity index is 269. The lowest BCUT2D eigenvalue weighted by molar-refractivity contribution is -0.139. The van der Waals surface area contributed by atoms with E-state index >= 15 is 0 Å². The standard InChI is InChI=1S/C7H9F2NO4/c1-3-14-6(12)4(10-13)5(11)7(2,8)9/h11H,3H2,1-2H3. The Morgan fingerprint density at radius 3 is 2.36 bits per heavy atom. The zero-order valence-electron chi connectivity index (χ0n) is 7.58. The Morgan fingerprint density at radius 2 is 2.07 bits per heavy atom. The van der Waals surface area contributed by atoms with Gasteiger partial charge in [0.2, 0.25) is 5.70 Å². The van der Waals surface area contributed by atoms with Gasteiger partial charge >= 0.3 is 11.9 Å². The zero-order chi connectivity index (χ0) is 11.4. The van der Waals surface area contributed by atoms with Gasteiger partial charge in [0, 0.05) is 6.92 Å². The average Bonchev–Trinajstić information content (AvgIpc) is 2.04. The Labute approximate surface area is 78.3 Å². The van der Waals surface area contributed by atoms with Gasteiger partial charge in [-0.1, -0.05) is 0 Å². The van der Waals surface area contributed by atoms with Gasteiger partial charge in [0.25, 0.3) is 0 Å². The third-order valence-corrected chi connectivity index (χ3v) is 1.20. The number of aliphatic hydroxyl groups excluding tert-OH is 1. The summed E-state index contributed by atoms with van der Waals surface area (Å²) in [5.41, 5.74) is -1.31. The van der Waals surface area contributed by atoms with Crippen LogP contribution in [0, 0.1) is 4.91 Å². The maximum Gasteiger partial charge on any atom is 0.364 e. The summed E-state index contributed by atoms with van der Waals surface area (Å²) in [5, 5.41) is 10.8. The quantitative estimate of drug-likeness (QED) is 0.331. The van der Waals surface area contributed by atoms with Crippen molar-refractivity contribution in [2.45, 2.75) is 19.8 Å². The maximum absolute atomic E-state index is 12.4. The van der Waals surface area contributed by atoms with Crippen LogP contribution >= 0.6 is 0 Å². The van der Waals surface area contributed by atoms with Crippen molar-refractivity contribution in [3.05, 3.63) is 16.4 Å². The zero-order valence-corrected chi connectivity index (χ0v) is 7.58. The molecule has 0 spiro atoms. The first-order valence-electron chi connectivity index (χ1n) is 3.66. The summed E-state index contributed by atoms with van der Waals surface area (Å²) in [6, 6.07) is 0. The molecule has 0 saturated heterocycles. The van der Waals surface area contributed by atoms with Gasteiger partial charge in [0.1, 0.15) is 0 Å². The minimum absolute atomic E-state index is 0.111. The lowest BCUT2D eigenvalue weighted by Crippen LogP contribution is -2.19. The van der Waals surface area contributed by atoms with E-state index in [0.717, 1.165) is 0 Å². The molecule has 0 amide bonds. The number of nitroso groups, excluding NO2 is 1. The number of allylic oxidation sites excluding steroid dienone is 1. The van der Waals surface area contributed by atoms with Crippen LogP contribution in [0.25, 0.3) is 0 Å². The highest BCUT2D eigenvalue weighted by molar-refractivity contribution is 5.88. The molecule has 0 rings (SSSR count). The first-order chi connectivity index (χ1) is 6.34. The highest BCUT2D eigenvalue weighted by Crippen LogP contribution is 2.24. The fourth-order valence-electron chi connectivity index (χ4n) is 0.585. The van der Waals surface area contributed by atoms with Gasteiger partial charge in [0.05, 0.1) is 6.61 Å². The van der Waals surface area contributed by atoms with E-state index in [-0.39, 0.29) is 6.61 Å². The summed E-state index contributed by atoms with van der Waals surface area (Å²) in [7, 11) is 0. The second-order valence-corrected chi connectivity index (χ2v) is 2.40. The molecule has 0 aliphatic rings. The monoisotopic (exact) mass is 209 g/mol. The van der Waals surface area contributed by atoms with Crippen LogP contribution in [0.15, 0.2) is 16.6 Å². The molecule has 0 saturated carbocycles. The molecule has 0 aliphatic heterocycles. The van der Waals surface area contributed by atoms with Crippen molar-refractivity contribution in [2.75, 3.05) is 6.61 Å². The van der Waals surface area contributed by atoms with Crippen molar-refractivity contribution in [1.29, 1.82) is 0 Å². The van der Waals surface area contributed by atoms with E-state index in [9.17, 15) is 18.5 Å². The Kier molecular flexibility index (Phi) is 4.13. The van der Waals surface area contributed by atoms with Gasteiger partial charge < -0.3 is 9.84 Å².